The zero-order valence-corrected chi connectivity index (χ0v) is 17.3. The van der Waals surface area contributed by atoms with Crippen LogP contribution in [-0.2, 0) is 33.3 Å². The van der Waals surface area contributed by atoms with Crippen molar-refractivity contribution >= 4 is 17.8 Å². The Hall–Kier alpha value is -2.61. The normalized spacial score (nSPS) is 35.2. The molecule has 172 valence electrons. The fourth-order valence-corrected chi connectivity index (χ4v) is 3.55. The largest absolute Gasteiger partial charge is 0.456 e. The van der Waals surface area contributed by atoms with E-state index < -0.39 is 78.4 Å². The number of aromatic nitrogens is 2. The number of aliphatic hydroxyl groups excluding tert-OH is 1. The Labute approximate surface area is 176 Å². The Balaban J connectivity index is 1.90. The molecule has 0 radical (unpaired) electrons. The van der Waals surface area contributed by atoms with Crippen molar-refractivity contribution in [1.82, 2.24) is 9.55 Å². The van der Waals surface area contributed by atoms with Crippen LogP contribution in [0, 0.1) is 5.82 Å². The summed E-state index contributed by atoms with van der Waals surface area (Å²) in [5, 5.41) is 10.6. The molecule has 3 heterocycles. The molecule has 1 aromatic heterocycles. The van der Waals surface area contributed by atoms with Gasteiger partial charge in [-0.1, -0.05) is 0 Å². The van der Waals surface area contributed by atoms with Crippen molar-refractivity contribution in [3.8, 4) is 0 Å². The molecule has 0 aliphatic carbocycles. The third-order valence-electron chi connectivity index (χ3n) is 4.96. The van der Waals surface area contributed by atoms with Crippen molar-refractivity contribution in [2.24, 2.45) is 0 Å². The van der Waals surface area contributed by atoms with Crippen molar-refractivity contribution in [2.75, 3.05) is 5.73 Å². The maximum absolute atomic E-state index is 13.9. The van der Waals surface area contributed by atoms with Crippen LogP contribution in [0.15, 0.2) is 11.0 Å². The predicted molar refractivity (Wildman–Crippen MR) is 98.8 cm³/mol. The molecule has 0 aromatic carbocycles. The van der Waals surface area contributed by atoms with Gasteiger partial charge in [0.1, 0.15) is 12.2 Å². The number of carbonyl (C=O) groups is 2. The fourth-order valence-electron chi connectivity index (χ4n) is 3.55. The van der Waals surface area contributed by atoms with Crippen LogP contribution in [0.5, 0.6) is 0 Å². The lowest BCUT2D eigenvalue weighted by Gasteiger charge is -2.28. The molecule has 31 heavy (non-hydrogen) atoms. The third kappa shape index (κ3) is 4.69. The maximum Gasteiger partial charge on any atom is 0.351 e. The molecule has 2 fully saturated rings. The van der Waals surface area contributed by atoms with Crippen LogP contribution in [0.2, 0.25) is 0 Å². The summed E-state index contributed by atoms with van der Waals surface area (Å²) in [5.41, 5.74) is 4.39. The summed E-state index contributed by atoms with van der Waals surface area (Å²) in [7, 11) is 0. The number of hydrogen-bond acceptors (Lipinski definition) is 11. The molecule has 2 aliphatic heterocycles. The van der Waals surface area contributed by atoms with Gasteiger partial charge in [0.2, 0.25) is 0 Å². The number of ether oxygens (including phenoxy) is 5. The molecule has 0 spiro atoms. The number of esters is 2. The van der Waals surface area contributed by atoms with E-state index in [4.69, 9.17) is 29.4 Å². The predicted octanol–water partition coefficient (Wildman–Crippen LogP) is -0.764. The number of rotatable bonds is 5. The molecular formula is C18H24FN3O9. The second kappa shape index (κ2) is 8.86. The van der Waals surface area contributed by atoms with Crippen LogP contribution in [0.3, 0.4) is 0 Å². The molecule has 12 nitrogen and oxygen atoms in total. The lowest BCUT2D eigenvalue weighted by molar-refractivity contribution is -0.223. The SMILES string of the molecule is CC(=O)O[C@H]1[C@H](C)OC(O[C@@H]2[C@H](O)[C@@H](C)O[C@H]2n2cc(F)c(N)nc2=O)[C@H]1OC(C)=O. The maximum atomic E-state index is 13.9. The molecule has 2 aliphatic rings. The van der Waals surface area contributed by atoms with Gasteiger partial charge >= 0.3 is 17.6 Å². The van der Waals surface area contributed by atoms with Crippen LogP contribution in [0.25, 0.3) is 0 Å². The first-order valence-electron chi connectivity index (χ1n) is 9.52. The second-order valence-electron chi connectivity index (χ2n) is 7.34. The van der Waals surface area contributed by atoms with Gasteiger partial charge in [0.05, 0.1) is 18.4 Å². The lowest BCUT2D eigenvalue weighted by Crippen LogP contribution is -2.45. The number of nitrogens with zero attached hydrogens (tertiary/aromatic N) is 2. The van der Waals surface area contributed by atoms with Gasteiger partial charge in [-0.3, -0.25) is 14.2 Å². The van der Waals surface area contributed by atoms with Gasteiger partial charge in [0.15, 0.2) is 36.4 Å². The topological polar surface area (TPSA) is 161 Å². The van der Waals surface area contributed by atoms with Crippen molar-refractivity contribution in [2.45, 2.75) is 76.8 Å². The zero-order chi connectivity index (χ0) is 23.0. The molecule has 8 atom stereocenters. The van der Waals surface area contributed by atoms with E-state index in [0.717, 1.165) is 17.7 Å². The van der Waals surface area contributed by atoms with Crippen LogP contribution in [0.1, 0.15) is 33.9 Å². The number of hydrogen-bond donors (Lipinski definition) is 2. The molecule has 0 amide bonds. The molecule has 3 rings (SSSR count). The number of anilines is 1. The van der Waals surface area contributed by atoms with Gasteiger partial charge in [-0.25, -0.2) is 9.18 Å². The number of carbonyl (C=O) groups excluding carboxylic acids is 2. The molecule has 2 saturated heterocycles. The van der Waals surface area contributed by atoms with E-state index in [0.29, 0.717) is 0 Å². The van der Waals surface area contributed by atoms with E-state index in [-0.39, 0.29) is 0 Å². The highest BCUT2D eigenvalue weighted by atomic mass is 19.1. The first-order chi connectivity index (χ1) is 14.5. The van der Waals surface area contributed by atoms with Gasteiger partial charge < -0.3 is 34.5 Å². The van der Waals surface area contributed by atoms with Crippen LogP contribution < -0.4 is 11.4 Å². The summed E-state index contributed by atoms with van der Waals surface area (Å²) in [6.07, 6.45) is -7.93. The Kier molecular flexibility index (Phi) is 6.59. The van der Waals surface area contributed by atoms with Gasteiger partial charge in [-0.05, 0) is 13.8 Å². The average molecular weight is 445 g/mol. The van der Waals surface area contributed by atoms with E-state index >= 15 is 0 Å². The lowest BCUT2D eigenvalue weighted by atomic mass is 10.1. The minimum absolute atomic E-state index is 0.586. The summed E-state index contributed by atoms with van der Waals surface area (Å²) in [4.78, 5) is 38.6. The molecule has 1 unspecified atom stereocenters. The van der Waals surface area contributed by atoms with E-state index in [2.05, 4.69) is 4.98 Å². The van der Waals surface area contributed by atoms with E-state index in [9.17, 15) is 23.9 Å². The summed E-state index contributed by atoms with van der Waals surface area (Å²) >= 11 is 0. The van der Waals surface area contributed by atoms with Gasteiger partial charge in [0, 0.05) is 13.8 Å². The van der Waals surface area contributed by atoms with E-state index in [1.54, 1.807) is 6.92 Å². The Morgan fingerprint density at radius 3 is 2.35 bits per heavy atom. The molecule has 13 heteroatoms. The smallest absolute Gasteiger partial charge is 0.351 e. The highest BCUT2D eigenvalue weighted by Gasteiger charge is 2.52. The summed E-state index contributed by atoms with van der Waals surface area (Å²) in [6.45, 7) is 5.45. The third-order valence-corrected chi connectivity index (χ3v) is 4.96. The minimum Gasteiger partial charge on any atom is -0.456 e. The van der Waals surface area contributed by atoms with Crippen molar-refractivity contribution in [1.29, 1.82) is 0 Å². The van der Waals surface area contributed by atoms with Crippen molar-refractivity contribution in [3.63, 3.8) is 0 Å². The Bertz CT molecular complexity index is 910. The fraction of sp³-hybridized carbons (Fsp3) is 0.667. The zero-order valence-electron chi connectivity index (χ0n) is 17.3. The van der Waals surface area contributed by atoms with Gasteiger partial charge in [-0.2, -0.15) is 4.98 Å². The number of aliphatic hydroxyl groups is 1. The standard InChI is InChI=1S/C18H24FN3O9/c1-6-11(25)13(16(27-6)22-5-10(19)15(20)21-18(22)26)31-17-14(30-9(4)24)12(7(2)28-17)29-8(3)23/h5-7,11-14,16-17,25H,1-4H3,(H2,20,21,26)/t6-,7+,11-,12+,13-,14+,16-,17?/m1/s1. The quantitative estimate of drug-likeness (QED) is 0.548. The average Bonchev–Trinajstić information content (AvgIpc) is 3.09. The number of nitrogens with two attached hydrogens (primary N) is 1. The minimum atomic E-state index is -1.29. The molecule has 3 N–H and O–H groups in total. The number of nitrogen functional groups attached to an aromatic ring is 1. The monoisotopic (exact) mass is 445 g/mol. The van der Waals surface area contributed by atoms with E-state index in [1.807, 2.05) is 0 Å². The second-order valence-corrected chi connectivity index (χ2v) is 7.34. The van der Waals surface area contributed by atoms with E-state index in [1.165, 1.54) is 13.8 Å². The number of halogens is 1. The first kappa shape index (κ1) is 23.1. The summed E-state index contributed by atoms with van der Waals surface area (Å²) in [5.74, 6) is -2.85. The molecule has 0 saturated carbocycles. The summed E-state index contributed by atoms with van der Waals surface area (Å²) < 4.78 is 42.2. The molecule has 1 aromatic rings. The van der Waals surface area contributed by atoms with Crippen LogP contribution in [-0.4, -0.2) is 69.5 Å². The Morgan fingerprint density at radius 1 is 1.13 bits per heavy atom. The van der Waals surface area contributed by atoms with Crippen molar-refractivity contribution in [3.05, 3.63) is 22.5 Å². The highest BCUT2D eigenvalue weighted by molar-refractivity contribution is 5.67. The van der Waals surface area contributed by atoms with Gasteiger partial charge in [0.25, 0.3) is 0 Å². The summed E-state index contributed by atoms with van der Waals surface area (Å²) in [6, 6.07) is 0. The highest BCUT2D eigenvalue weighted by Crippen LogP contribution is 2.36. The first-order valence-corrected chi connectivity index (χ1v) is 9.52. The molecular weight excluding hydrogens is 421 g/mol. The van der Waals surface area contributed by atoms with Gasteiger partial charge in [-0.15, -0.1) is 0 Å². The Morgan fingerprint density at radius 2 is 1.74 bits per heavy atom. The van der Waals surface area contributed by atoms with Crippen LogP contribution in [0.4, 0.5) is 10.2 Å². The molecule has 0 bridgehead atoms. The van der Waals surface area contributed by atoms with Crippen LogP contribution >= 0.6 is 0 Å². The van der Waals surface area contributed by atoms with Crippen molar-refractivity contribution < 1.29 is 42.8 Å².